The van der Waals surface area contributed by atoms with Gasteiger partial charge >= 0.3 is 0 Å². The largest absolute Gasteiger partial charge is 0.399 e. The maximum absolute atomic E-state index is 10.4. The number of hydrogen-bond acceptors (Lipinski definition) is 4. The van der Waals surface area contributed by atoms with Crippen LogP contribution in [-0.4, -0.2) is 22.2 Å². The molecule has 1 heterocycles. The van der Waals surface area contributed by atoms with E-state index < -0.39 is 5.60 Å². The molecule has 0 aliphatic heterocycles. The Bertz CT molecular complexity index is 606. The summed E-state index contributed by atoms with van der Waals surface area (Å²) in [4.78, 5) is 4.50. The third-order valence-corrected chi connectivity index (χ3v) is 3.88. The first kappa shape index (κ1) is 14.6. The highest BCUT2D eigenvalue weighted by Crippen LogP contribution is 2.26. The van der Waals surface area contributed by atoms with Crippen LogP contribution < -0.4 is 11.1 Å². The van der Waals surface area contributed by atoms with Crippen LogP contribution in [0.3, 0.4) is 0 Å². The molecule has 4 N–H and O–H groups in total. The van der Waals surface area contributed by atoms with Crippen molar-refractivity contribution in [1.29, 1.82) is 0 Å². The van der Waals surface area contributed by atoms with Crippen molar-refractivity contribution < 1.29 is 5.11 Å². The minimum atomic E-state index is -0.677. The van der Waals surface area contributed by atoms with E-state index in [-0.39, 0.29) is 0 Å². The quantitative estimate of drug-likeness (QED) is 0.732. The Morgan fingerprint density at radius 3 is 2.60 bits per heavy atom. The molecule has 0 aliphatic rings. The summed E-state index contributed by atoms with van der Waals surface area (Å²) in [5, 5.41) is 14.7. The molecule has 4 heteroatoms. The number of nitrogens with two attached hydrogens (primary N) is 1. The molecule has 108 valence electrons. The van der Waals surface area contributed by atoms with Crippen molar-refractivity contribution >= 4 is 22.3 Å². The highest BCUT2D eigenvalue weighted by Gasteiger charge is 2.22. The molecular weight excluding hydrogens is 250 g/mol. The van der Waals surface area contributed by atoms with Gasteiger partial charge in [-0.15, -0.1) is 0 Å². The van der Waals surface area contributed by atoms with Crippen LogP contribution >= 0.6 is 0 Å². The third-order valence-electron chi connectivity index (χ3n) is 3.88. The number of fused-ring (bicyclic) bond motifs is 1. The normalized spacial score (nSPS) is 11.8. The van der Waals surface area contributed by atoms with E-state index in [4.69, 9.17) is 5.73 Å². The molecule has 0 fully saturated rings. The monoisotopic (exact) mass is 273 g/mol. The molecule has 1 aromatic heterocycles. The maximum atomic E-state index is 10.4. The lowest BCUT2D eigenvalue weighted by Crippen LogP contribution is -2.35. The summed E-state index contributed by atoms with van der Waals surface area (Å²) in [6, 6.07) is 7.69. The van der Waals surface area contributed by atoms with Gasteiger partial charge in [0.1, 0.15) is 0 Å². The highest BCUT2D eigenvalue weighted by atomic mass is 16.3. The van der Waals surface area contributed by atoms with Crippen molar-refractivity contribution in [2.45, 2.75) is 39.2 Å². The fourth-order valence-electron chi connectivity index (χ4n) is 2.28. The number of benzene rings is 1. The number of aliphatic hydroxyl groups is 1. The van der Waals surface area contributed by atoms with Crippen molar-refractivity contribution in [2.75, 3.05) is 17.6 Å². The molecule has 2 rings (SSSR count). The SMILES string of the molecule is CCC(O)(CC)CNc1cc(C)nc2ccc(N)cc12. The molecule has 0 unspecified atom stereocenters. The van der Waals surface area contributed by atoms with E-state index in [0.29, 0.717) is 12.2 Å². The zero-order chi connectivity index (χ0) is 14.8. The molecule has 20 heavy (non-hydrogen) atoms. The second kappa shape index (κ2) is 5.67. The molecule has 1 aromatic carbocycles. The molecule has 0 atom stereocenters. The van der Waals surface area contributed by atoms with Gasteiger partial charge in [-0.2, -0.15) is 0 Å². The van der Waals surface area contributed by atoms with Gasteiger partial charge in [0.25, 0.3) is 0 Å². The summed E-state index contributed by atoms with van der Waals surface area (Å²) in [6.07, 6.45) is 1.45. The van der Waals surface area contributed by atoms with Gasteiger partial charge in [-0.25, -0.2) is 0 Å². The summed E-state index contributed by atoms with van der Waals surface area (Å²) in [5.41, 5.74) is 8.73. The summed E-state index contributed by atoms with van der Waals surface area (Å²) < 4.78 is 0. The van der Waals surface area contributed by atoms with Crippen LogP contribution in [0.15, 0.2) is 24.3 Å². The van der Waals surface area contributed by atoms with Gasteiger partial charge in [0.2, 0.25) is 0 Å². The van der Waals surface area contributed by atoms with E-state index >= 15 is 0 Å². The van der Waals surface area contributed by atoms with Crippen LogP contribution in [-0.2, 0) is 0 Å². The molecule has 0 bridgehead atoms. The zero-order valence-corrected chi connectivity index (χ0v) is 12.4. The van der Waals surface area contributed by atoms with Crippen molar-refractivity contribution in [3.05, 3.63) is 30.0 Å². The number of hydrogen-bond donors (Lipinski definition) is 3. The average molecular weight is 273 g/mol. The number of nitrogens with one attached hydrogen (secondary N) is 1. The lowest BCUT2D eigenvalue weighted by Gasteiger charge is -2.26. The Kier molecular flexibility index (Phi) is 4.14. The van der Waals surface area contributed by atoms with Gasteiger partial charge in [0, 0.05) is 29.0 Å². The maximum Gasteiger partial charge on any atom is 0.0814 e. The van der Waals surface area contributed by atoms with Crippen LogP contribution in [0.1, 0.15) is 32.4 Å². The van der Waals surface area contributed by atoms with Gasteiger partial charge in [-0.1, -0.05) is 13.8 Å². The fourth-order valence-corrected chi connectivity index (χ4v) is 2.28. The topological polar surface area (TPSA) is 71.2 Å². The zero-order valence-electron chi connectivity index (χ0n) is 12.4. The molecule has 4 nitrogen and oxygen atoms in total. The van der Waals surface area contributed by atoms with E-state index in [9.17, 15) is 5.11 Å². The van der Waals surface area contributed by atoms with Crippen molar-refractivity contribution in [1.82, 2.24) is 4.98 Å². The molecule has 0 aliphatic carbocycles. The van der Waals surface area contributed by atoms with E-state index in [0.717, 1.165) is 35.1 Å². The predicted molar refractivity (Wildman–Crippen MR) is 84.9 cm³/mol. The Hall–Kier alpha value is -1.81. The molecule has 2 aromatic rings. The molecule has 0 spiro atoms. The minimum Gasteiger partial charge on any atom is -0.399 e. The summed E-state index contributed by atoms with van der Waals surface area (Å²) in [6.45, 7) is 6.48. The smallest absolute Gasteiger partial charge is 0.0814 e. The number of pyridine rings is 1. The Labute approximate surface area is 120 Å². The van der Waals surface area contributed by atoms with E-state index in [1.165, 1.54) is 0 Å². The van der Waals surface area contributed by atoms with Crippen LogP contribution in [0.5, 0.6) is 0 Å². The fraction of sp³-hybridized carbons (Fsp3) is 0.438. The van der Waals surface area contributed by atoms with Gasteiger partial charge in [-0.05, 0) is 44.0 Å². The minimum absolute atomic E-state index is 0.521. The number of anilines is 2. The van der Waals surface area contributed by atoms with Crippen molar-refractivity contribution in [3.63, 3.8) is 0 Å². The molecule has 0 saturated carbocycles. The van der Waals surface area contributed by atoms with E-state index in [1.54, 1.807) is 0 Å². The van der Waals surface area contributed by atoms with Crippen LogP contribution in [0.4, 0.5) is 11.4 Å². The van der Waals surface area contributed by atoms with Gasteiger partial charge in [0.15, 0.2) is 0 Å². The first-order valence-electron chi connectivity index (χ1n) is 7.10. The van der Waals surface area contributed by atoms with Crippen molar-refractivity contribution in [3.8, 4) is 0 Å². The molecular formula is C16H23N3O. The summed E-state index contributed by atoms with van der Waals surface area (Å²) in [7, 11) is 0. The first-order chi connectivity index (χ1) is 9.47. The number of aromatic nitrogens is 1. The van der Waals surface area contributed by atoms with Crippen molar-refractivity contribution in [2.24, 2.45) is 0 Å². The standard InChI is InChI=1S/C16H23N3O/c1-4-16(20,5-2)10-18-15-8-11(3)19-14-7-6-12(17)9-13(14)15/h6-9,20H,4-5,10,17H2,1-3H3,(H,18,19). The highest BCUT2D eigenvalue weighted by molar-refractivity contribution is 5.93. The average Bonchev–Trinajstić information content (AvgIpc) is 2.45. The van der Waals surface area contributed by atoms with Gasteiger partial charge in [-0.3, -0.25) is 4.98 Å². The second-order valence-corrected chi connectivity index (χ2v) is 5.37. The third kappa shape index (κ3) is 3.02. The van der Waals surface area contributed by atoms with Crippen LogP contribution in [0, 0.1) is 6.92 Å². The number of rotatable bonds is 5. The van der Waals surface area contributed by atoms with Crippen LogP contribution in [0.2, 0.25) is 0 Å². The molecule has 0 saturated heterocycles. The summed E-state index contributed by atoms with van der Waals surface area (Å²) >= 11 is 0. The molecule has 0 radical (unpaired) electrons. The van der Waals surface area contributed by atoms with E-state index in [1.807, 2.05) is 45.0 Å². The van der Waals surface area contributed by atoms with Gasteiger partial charge < -0.3 is 16.2 Å². The molecule has 0 amide bonds. The van der Waals surface area contributed by atoms with Crippen LogP contribution in [0.25, 0.3) is 10.9 Å². The lowest BCUT2D eigenvalue weighted by molar-refractivity contribution is 0.0457. The van der Waals surface area contributed by atoms with Gasteiger partial charge in [0.05, 0.1) is 11.1 Å². The number of nitrogen functional groups attached to an aromatic ring is 1. The lowest BCUT2D eigenvalue weighted by atomic mass is 9.97. The Balaban J connectivity index is 2.36. The number of aryl methyl sites for hydroxylation is 1. The first-order valence-corrected chi connectivity index (χ1v) is 7.10. The second-order valence-electron chi connectivity index (χ2n) is 5.37. The Morgan fingerprint density at radius 2 is 1.95 bits per heavy atom. The summed E-state index contributed by atoms with van der Waals surface area (Å²) in [5.74, 6) is 0. The number of nitrogens with zero attached hydrogens (tertiary/aromatic N) is 1. The Morgan fingerprint density at radius 1 is 1.25 bits per heavy atom. The van der Waals surface area contributed by atoms with E-state index in [2.05, 4.69) is 10.3 Å². The predicted octanol–water partition coefficient (Wildman–Crippen LogP) is 3.09.